The highest BCUT2D eigenvalue weighted by Gasteiger charge is 2.25. The number of aliphatic imine (C=N–C) groups is 1. The van der Waals surface area contributed by atoms with Crippen molar-refractivity contribution in [1.29, 1.82) is 0 Å². The number of likely N-dealkylation sites (tertiary alicyclic amines) is 1. The summed E-state index contributed by atoms with van der Waals surface area (Å²) in [5.41, 5.74) is 0. The Bertz CT molecular complexity index is 620. The van der Waals surface area contributed by atoms with E-state index in [1.54, 1.807) is 6.20 Å². The standard InChI is InChI=1S/C20H33ClN6.HI/c1-3-22-20(24-11-6-16-7-12-26(2)13-8-16)25-17-9-14-27(15-17)19-18(21)5-4-10-23-19;/h4-5,10,16-17H,3,6-9,11-15H2,1-2H3,(H2,22,24,25);1H. The molecule has 6 nitrogen and oxygen atoms in total. The number of rotatable bonds is 6. The van der Waals surface area contributed by atoms with Crippen LogP contribution < -0.4 is 15.5 Å². The first-order valence-corrected chi connectivity index (χ1v) is 10.6. The number of aromatic nitrogens is 1. The van der Waals surface area contributed by atoms with Crippen LogP contribution >= 0.6 is 35.6 Å². The Morgan fingerprint density at radius 3 is 2.79 bits per heavy atom. The van der Waals surface area contributed by atoms with E-state index in [0.29, 0.717) is 6.04 Å². The maximum absolute atomic E-state index is 6.30. The van der Waals surface area contributed by atoms with Crippen molar-refractivity contribution in [3.05, 3.63) is 23.4 Å². The Balaban J connectivity index is 0.00000280. The number of piperidine rings is 1. The lowest BCUT2D eigenvalue weighted by molar-refractivity contribution is 0.214. The van der Waals surface area contributed by atoms with E-state index in [9.17, 15) is 0 Å². The van der Waals surface area contributed by atoms with E-state index in [-0.39, 0.29) is 24.0 Å². The quantitative estimate of drug-likeness (QED) is 0.343. The van der Waals surface area contributed by atoms with Gasteiger partial charge in [-0.3, -0.25) is 4.99 Å². The fourth-order valence-corrected chi connectivity index (χ4v) is 4.14. The average molecular weight is 521 g/mol. The van der Waals surface area contributed by atoms with E-state index < -0.39 is 0 Å². The fourth-order valence-electron chi connectivity index (χ4n) is 3.90. The van der Waals surface area contributed by atoms with Gasteiger partial charge in [-0.15, -0.1) is 24.0 Å². The molecule has 28 heavy (non-hydrogen) atoms. The van der Waals surface area contributed by atoms with Crippen LogP contribution in [0.5, 0.6) is 0 Å². The normalized spacial score (nSPS) is 21.5. The summed E-state index contributed by atoms with van der Waals surface area (Å²) in [4.78, 5) is 13.9. The Labute approximate surface area is 191 Å². The third-order valence-electron chi connectivity index (χ3n) is 5.56. The van der Waals surface area contributed by atoms with Crippen LogP contribution in [0.3, 0.4) is 0 Å². The molecule has 2 aliphatic rings. The molecule has 0 aliphatic carbocycles. The second-order valence-corrected chi connectivity index (χ2v) is 8.09. The lowest BCUT2D eigenvalue weighted by atomic mass is 9.94. The molecule has 0 spiro atoms. The minimum Gasteiger partial charge on any atom is -0.357 e. The van der Waals surface area contributed by atoms with Gasteiger partial charge < -0.3 is 20.4 Å². The zero-order chi connectivity index (χ0) is 19.1. The minimum absolute atomic E-state index is 0. The highest BCUT2D eigenvalue weighted by molar-refractivity contribution is 14.0. The number of guanidine groups is 1. The number of nitrogens with zero attached hydrogens (tertiary/aromatic N) is 4. The summed E-state index contributed by atoms with van der Waals surface area (Å²) in [7, 11) is 2.21. The third-order valence-corrected chi connectivity index (χ3v) is 5.85. The number of nitrogens with one attached hydrogen (secondary N) is 2. The highest BCUT2D eigenvalue weighted by Crippen LogP contribution is 2.25. The molecule has 1 atom stereocenters. The number of pyridine rings is 1. The topological polar surface area (TPSA) is 55.8 Å². The molecule has 2 aliphatic heterocycles. The highest BCUT2D eigenvalue weighted by atomic mass is 127. The van der Waals surface area contributed by atoms with Gasteiger partial charge in [-0.2, -0.15) is 0 Å². The molecule has 2 saturated heterocycles. The second kappa shape index (κ2) is 12.0. The van der Waals surface area contributed by atoms with Gasteiger partial charge in [-0.25, -0.2) is 4.98 Å². The molecule has 8 heteroatoms. The smallest absolute Gasteiger partial charge is 0.191 e. The molecule has 1 aromatic heterocycles. The molecule has 3 heterocycles. The van der Waals surface area contributed by atoms with E-state index in [1.807, 2.05) is 12.1 Å². The largest absolute Gasteiger partial charge is 0.357 e. The summed E-state index contributed by atoms with van der Waals surface area (Å²) in [6.07, 6.45) is 6.66. The number of hydrogen-bond acceptors (Lipinski definition) is 4. The number of anilines is 1. The van der Waals surface area contributed by atoms with Crippen molar-refractivity contribution in [2.24, 2.45) is 10.9 Å². The van der Waals surface area contributed by atoms with Crippen molar-refractivity contribution >= 4 is 47.4 Å². The molecule has 0 radical (unpaired) electrons. The molecular weight excluding hydrogens is 487 g/mol. The molecule has 0 saturated carbocycles. The monoisotopic (exact) mass is 520 g/mol. The third kappa shape index (κ3) is 6.91. The van der Waals surface area contributed by atoms with Crippen LogP contribution in [0.4, 0.5) is 5.82 Å². The van der Waals surface area contributed by atoms with Crippen LogP contribution in [0, 0.1) is 5.92 Å². The Morgan fingerprint density at radius 2 is 2.07 bits per heavy atom. The zero-order valence-electron chi connectivity index (χ0n) is 17.0. The summed E-state index contributed by atoms with van der Waals surface area (Å²) >= 11 is 6.30. The van der Waals surface area contributed by atoms with Crippen molar-refractivity contribution in [3.63, 3.8) is 0 Å². The van der Waals surface area contributed by atoms with Crippen molar-refractivity contribution in [1.82, 2.24) is 20.5 Å². The first-order chi connectivity index (χ1) is 13.2. The minimum atomic E-state index is 0. The lowest BCUT2D eigenvalue weighted by Gasteiger charge is -2.28. The Hall–Kier alpha value is -0.800. The van der Waals surface area contributed by atoms with Crippen LogP contribution in [0.2, 0.25) is 5.02 Å². The Kier molecular flexibility index (Phi) is 10.1. The van der Waals surface area contributed by atoms with Crippen LogP contribution in [0.25, 0.3) is 0 Å². The SMILES string of the molecule is CCNC(=NCCC1CCN(C)CC1)NC1CCN(c2ncccc2Cl)C1.I. The van der Waals surface area contributed by atoms with Gasteiger partial charge >= 0.3 is 0 Å². The van der Waals surface area contributed by atoms with E-state index in [4.69, 9.17) is 16.6 Å². The van der Waals surface area contributed by atoms with Gasteiger partial charge in [0.2, 0.25) is 0 Å². The van der Waals surface area contributed by atoms with Gasteiger partial charge in [0, 0.05) is 38.4 Å². The van der Waals surface area contributed by atoms with Gasteiger partial charge in [0.05, 0.1) is 5.02 Å². The first-order valence-electron chi connectivity index (χ1n) is 10.2. The molecule has 1 aromatic rings. The molecule has 2 N–H and O–H groups in total. The zero-order valence-corrected chi connectivity index (χ0v) is 20.1. The van der Waals surface area contributed by atoms with Crippen LogP contribution in [-0.2, 0) is 0 Å². The van der Waals surface area contributed by atoms with E-state index in [1.165, 1.54) is 32.4 Å². The van der Waals surface area contributed by atoms with E-state index in [0.717, 1.165) is 55.3 Å². The first kappa shape index (κ1) is 23.5. The van der Waals surface area contributed by atoms with Crippen molar-refractivity contribution in [3.8, 4) is 0 Å². The lowest BCUT2D eigenvalue weighted by Crippen LogP contribution is -2.44. The van der Waals surface area contributed by atoms with Gasteiger partial charge in [0.25, 0.3) is 0 Å². The van der Waals surface area contributed by atoms with Crippen LogP contribution in [-0.4, -0.2) is 68.2 Å². The van der Waals surface area contributed by atoms with Gasteiger partial charge in [0.1, 0.15) is 5.82 Å². The number of hydrogen-bond donors (Lipinski definition) is 2. The maximum atomic E-state index is 6.30. The fraction of sp³-hybridized carbons (Fsp3) is 0.700. The predicted octanol–water partition coefficient (Wildman–Crippen LogP) is 3.22. The summed E-state index contributed by atoms with van der Waals surface area (Å²) < 4.78 is 0. The molecule has 0 bridgehead atoms. The average Bonchev–Trinajstić information content (AvgIpc) is 3.12. The van der Waals surface area contributed by atoms with Gasteiger partial charge in [-0.1, -0.05) is 11.6 Å². The molecular formula is C20H34ClIN6. The van der Waals surface area contributed by atoms with Crippen LogP contribution in [0.1, 0.15) is 32.6 Å². The summed E-state index contributed by atoms with van der Waals surface area (Å²) in [5, 5.41) is 7.71. The van der Waals surface area contributed by atoms with Crippen LogP contribution in [0.15, 0.2) is 23.3 Å². The maximum Gasteiger partial charge on any atom is 0.191 e. The molecule has 2 fully saturated rings. The van der Waals surface area contributed by atoms with E-state index in [2.05, 4.69) is 39.4 Å². The summed E-state index contributed by atoms with van der Waals surface area (Å²) in [6.45, 7) is 8.19. The Morgan fingerprint density at radius 1 is 1.29 bits per heavy atom. The van der Waals surface area contributed by atoms with Crippen molar-refractivity contribution in [2.75, 3.05) is 51.2 Å². The van der Waals surface area contributed by atoms with Crippen molar-refractivity contribution in [2.45, 2.75) is 38.6 Å². The molecule has 0 aromatic carbocycles. The molecule has 3 rings (SSSR count). The second-order valence-electron chi connectivity index (χ2n) is 7.68. The summed E-state index contributed by atoms with van der Waals surface area (Å²) in [5.74, 6) is 2.64. The van der Waals surface area contributed by atoms with E-state index >= 15 is 0 Å². The van der Waals surface area contributed by atoms with Gasteiger partial charge in [0.15, 0.2) is 5.96 Å². The predicted molar refractivity (Wildman–Crippen MR) is 129 cm³/mol. The van der Waals surface area contributed by atoms with Gasteiger partial charge in [-0.05, 0) is 70.8 Å². The number of halogens is 2. The molecule has 1 unspecified atom stereocenters. The van der Waals surface area contributed by atoms with Crippen molar-refractivity contribution < 1.29 is 0 Å². The molecule has 0 amide bonds. The molecule has 158 valence electrons. The summed E-state index contributed by atoms with van der Waals surface area (Å²) in [6, 6.07) is 4.14.